The minimum absolute atomic E-state index is 0.476. The topological polar surface area (TPSA) is 61.8 Å². The summed E-state index contributed by atoms with van der Waals surface area (Å²) in [4.78, 5) is 11.8. The molecule has 1 saturated heterocycles. The smallest absolute Gasteiger partial charge is 0.191 e. The second-order valence-corrected chi connectivity index (χ2v) is 7.29. The van der Waals surface area contributed by atoms with Crippen LogP contribution in [0.15, 0.2) is 11.2 Å². The number of pyridine rings is 1. The molecular formula is C20H35N5O. The van der Waals surface area contributed by atoms with Gasteiger partial charge in [-0.3, -0.25) is 4.98 Å². The average molecular weight is 362 g/mol. The fourth-order valence-corrected chi connectivity index (χ4v) is 3.46. The zero-order chi connectivity index (χ0) is 19.1. The van der Waals surface area contributed by atoms with Crippen LogP contribution in [-0.4, -0.2) is 54.7 Å². The van der Waals surface area contributed by atoms with Gasteiger partial charge in [-0.25, -0.2) is 4.99 Å². The molecule has 26 heavy (non-hydrogen) atoms. The summed E-state index contributed by atoms with van der Waals surface area (Å²) in [6.07, 6.45) is 4.16. The van der Waals surface area contributed by atoms with Gasteiger partial charge in [0, 0.05) is 49.0 Å². The van der Waals surface area contributed by atoms with Gasteiger partial charge in [-0.15, -0.1) is 0 Å². The minimum Gasteiger partial charge on any atom is -0.496 e. The van der Waals surface area contributed by atoms with Gasteiger partial charge >= 0.3 is 0 Å². The number of rotatable bonds is 6. The summed E-state index contributed by atoms with van der Waals surface area (Å²) < 4.78 is 5.50. The van der Waals surface area contributed by atoms with E-state index in [1.54, 1.807) is 7.11 Å². The predicted octanol–water partition coefficient (Wildman–Crippen LogP) is 2.63. The molecule has 0 aliphatic carbocycles. The monoisotopic (exact) mass is 361 g/mol. The maximum absolute atomic E-state index is 5.50. The molecule has 0 radical (unpaired) electrons. The zero-order valence-corrected chi connectivity index (χ0v) is 17.2. The molecule has 0 atom stereocenters. The van der Waals surface area contributed by atoms with E-state index in [4.69, 9.17) is 9.73 Å². The summed E-state index contributed by atoms with van der Waals surface area (Å²) >= 11 is 0. The maximum Gasteiger partial charge on any atom is 0.191 e. The third kappa shape index (κ3) is 5.34. The van der Waals surface area contributed by atoms with E-state index < -0.39 is 0 Å². The van der Waals surface area contributed by atoms with Crippen molar-refractivity contribution < 1.29 is 4.74 Å². The second kappa shape index (κ2) is 9.76. The number of nitrogens with zero attached hydrogens (tertiary/aromatic N) is 3. The Bertz CT molecular complexity index is 606. The van der Waals surface area contributed by atoms with E-state index in [0.29, 0.717) is 18.6 Å². The molecule has 1 aliphatic rings. The van der Waals surface area contributed by atoms with Crippen molar-refractivity contribution in [1.29, 1.82) is 0 Å². The standard InChI is InChI=1S/C20H35N5O/c1-7-21-20(24-17-8-10-25(11-9-17)14(2)3)23-13-18-16(5)19(26-6)15(4)12-22-18/h12,14,17H,7-11,13H2,1-6H3,(H2,21,23,24). The number of methoxy groups -OCH3 is 1. The zero-order valence-electron chi connectivity index (χ0n) is 17.2. The predicted molar refractivity (Wildman–Crippen MR) is 108 cm³/mol. The number of aliphatic imine (C=N–C) groups is 1. The molecule has 0 aromatic carbocycles. The quantitative estimate of drug-likeness (QED) is 0.602. The summed E-state index contributed by atoms with van der Waals surface area (Å²) in [7, 11) is 1.71. The van der Waals surface area contributed by atoms with Crippen molar-refractivity contribution >= 4 is 5.96 Å². The van der Waals surface area contributed by atoms with Gasteiger partial charge in [-0.2, -0.15) is 0 Å². The maximum atomic E-state index is 5.50. The van der Waals surface area contributed by atoms with E-state index >= 15 is 0 Å². The summed E-state index contributed by atoms with van der Waals surface area (Å²) in [6.45, 7) is 14.4. The van der Waals surface area contributed by atoms with Gasteiger partial charge in [0.1, 0.15) is 5.75 Å². The number of piperidine rings is 1. The molecule has 1 fully saturated rings. The Kier molecular flexibility index (Phi) is 7.69. The van der Waals surface area contributed by atoms with E-state index in [1.165, 1.54) is 0 Å². The highest BCUT2D eigenvalue weighted by atomic mass is 16.5. The molecule has 0 amide bonds. The van der Waals surface area contributed by atoms with Gasteiger partial charge in [0.2, 0.25) is 0 Å². The highest BCUT2D eigenvalue weighted by Gasteiger charge is 2.21. The number of hydrogen-bond donors (Lipinski definition) is 2. The molecule has 1 aromatic rings. The molecule has 6 nitrogen and oxygen atoms in total. The van der Waals surface area contributed by atoms with Gasteiger partial charge in [-0.1, -0.05) is 0 Å². The number of ether oxygens (including phenoxy) is 1. The van der Waals surface area contributed by atoms with E-state index in [1.807, 2.05) is 20.0 Å². The first-order chi connectivity index (χ1) is 12.5. The van der Waals surface area contributed by atoms with E-state index in [2.05, 4.69) is 41.3 Å². The Morgan fingerprint density at radius 2 is 2.04 bits per heavy atom. The molecular weight excluding hydrogens is 326 g/mol. The SMILES string of the molecule is CCNC(=NCc1ncc(C)c(OC)c1C)NC1CCN(C(C)C)CC1. The third-order valence-corrected chi connectivity index (χ3v) is 5.08. The van der Waals surface area contributed by atoms with Crippen LogP contribution in [0, 0.1) is 13.8 Å². The van der Waals surface area contributed by atoms with Crippen LogP contribution >= 0.6 is 0 Å². The Labute approximate surface area is 158 Å². The minimum atomic E-state index is 0.476. The Hall–Kier alpha value is -1.82. The molecule has 2 rings (SSSR count). The number of hydrogen-bond acceptors (Lipinski definition) is 4. The molecule has 1 aliphatic heterocycles. The molecule has 6 heteroatoms. The van der Waals surface area contributed by atoms with Gasteiger partial charge < -0.3 is 20.3 Å². The van der Waals surface area contributed by atoms with E-state index in [0.717, 1.165) is 61.0 Å². The molecule has 0 saturated carbocycles. The van der Waals surface area contributed by atoms with Crippen LogP contribution < -0.4 is 15.4 Å². The molecule has 2 heterocycles. The number of guanidine groups is 1. The van der Waals surface area contributed by atoms with Crippen molar-refractivity contribution in [2.45, 2.75) is 66.1 Å². The van der Waals surface area contributed by atoms with E-state index in [-0.39, 0.29) is 0 Å². The van der Waals surface area contributed by atoms with Crippen molar-refractivity contribution in [1.82, 2.24) is 20.5 Å². The lowest BCUT2D eigenvalue weighted by molar-refractivity contribution is 0.167. The first-order valence-corrected chi connectivity index (χ1v) is 9.74. The highest BCUT2D eigenvalue weighted by Crippen LogP contribution is 2.24. The number of aryl methyl sites for hydroxylation is 1. The summed E-state index contributed by atoms with van der Waals surface area (Å²) in [5.41, 5.74) is 3.08. The van der Waals surface area contributed by atoms with Gasteiger partial charge in [-0.05, 0) is 47.5 Å². The third-order valence-electron chi connectivity index (χ3n) is 5.08. The Morgan fingerprint density at radius 3 is 2.62 bits per heavy atom. The second-order valence-electron chi connectivity index (χ2n) is 7.29. The first kappa shape index (κ1) is 20.5. The molecule has 1 aromatic heterocycles. The summed E-state index contributed by atoms with van der Waals surface area (Å²) in [6, 6.07) is 1.10. The summed E-state index contributed by atoms with van der Waals surface area (Å²) in [5, 5.41) is 6.96. The van der Waals surface area contributed by atoms with Crippen LogP contribution in [0.1, 0.15) is 50.4 Å². The van der Waals surface area contributed by atoms with Crippen molar-refractivity contribution in [2.75, 3.05) is 26.7 Å². The van der Waals surface area contributed by atoms with Crippen LogP contribution in [0.4, 0.5) is 0 Å². The Balaban J connectivity index is 2.01. The van der Waals surface area contributed by atoms with Crippen molar-refractivity contribution in [3.05, 3.63) is 23.0 Å². The largest absolute Gasteiger partial charge is 0.496 e. The van der Waals surface area contributed by atoms with Crippen molar-refractivity contribution in [3.63, 3.8) is 0 Å². The lowest BCUT2D eigenvalue weighted by Crippen LogP contribution is -2.49. The Morgan fingerprint density at radius 1 is 1.35 bits per heavy atom. The number of likely N-dealkylation sites (tertiary alicyclic amines) is 1. The number of aromatic nitrogens is 1. The fraction of sp³-hybridized carbons (Fsp3) is 0.700. The van der Waals surface area contributed by atoms with Gasteiger partial charge in [0.05, 0.1) is 19.3 Å². The normalized spacial score (nSPS) is 16.8. The number of nitrogens with one attached hydrogen (secondary N) is 2. The van der Waals surface area contributed by atoms with Crippen LogP contribution in [0.2, 0.25) is 0 Å². The van der Waals surface area contributed by atoms with Gasteiger partial charge in [0.15, 0.2) is 5.96 Å². The molecule has 0 spiro atoms. The molecule has 0 bridgehead atoms. The lowest BCUT2D eigenvalue weighted by Gasteiger charge is -2.35. The molecule has 2 N–H and O–H groups in total. The average Bonchev–Trinajstić information content (AvgIpc) is 2.62. The molecule has 0 unspecified atom stereocenters. The van der Waals surface area contributed by atoms with Crippen molar-refractivity contribution in [3.8, 4) is 5.75 Å². The molecule has 146 valence electrons. The van der Waals surface area contributed by atoms with Crippen LogP contribution in [-0.2, 0) is 6.54 Å². The van der Waals surface area contributed by atoms with Gasteiger partial charge in [0.25, 0.3) is 0 Å². The first-order valence-electron chi connectivity index (χ1n) is 9.74. The lowest BCUT2D eigenvalue weighted by atomic mass is 10.0. The highest BCUT2D eigenvalue weighted by molar-refractivity contribution is 5.80. The van der Waals surface area contributed by atoms with Crippen LogP contribution in [0.25, 0.3) is 0 Å². The van der Waals surface area contributed by atoms with Crippen LogP contribution in [0.3, 0.4) is 0 Å². The van der Waals surface area contributed by atoms with Crippen LogP contribution in [0.5, 0.6) is 5.75 Å². The van der Waals surface area contributed by atoms with E-state index in [9.17, 15) is 0 Å². The van der Waals surface area contributed by atoms with Crippen molar-refractivity contribution in [2.24, 2.45) is 4.99 Å². The summed E-state index contributed by atoms with van der Waals surface area (Å²) in [5.74, 6) is 1.78. The fourth-order valence-electron chi connectivity index (χ4n) is 3.46.